The maximum absolute atomic E-state index is 11.9. The molecule has 2 aromatic rings. The van der Waals surface area contributed by atoms with E-state index in [0.29, 0.717) is 5.69 Å². The molecule has 0 fully saturated rings. The Hall–Kier alpha value is -2.67. The minimum absolute atomic E-state index is 0. The molecule has 7 nitrogen and oxygen atoms in total. The van der Waals surface area contributed by atoms with Crippen molar-refractivity contribution in [2.24, 2.45) is 0 Å². The first-order chi connectivity index (χ1) is 10.6. The number of fused-ring (bicyclic) bond motifs is 5. The molecule has 1 aromatic carbocycles. The summed E-state index contributed by atoms with van der Waals surface area (Å²) in [6.07, 6.45) is 0.862. The molecule has 2 aliphatic heterocycles. The summed E-state index contributed by atoms with van der Waals surface area (Å²) in [5.41, 5.74) is 2.65. The van der Waals surface area contributed by atoms with Gasteiger partial charge in [-0.05, 0) is 18.1 Å². The molecule has 8 heteroatoms. The fraction of sp³-hybridized carbons (Fsp3) is 0.200. The lowest BCUT2D eigenvalue weighted by molar-refractivity contribution is 0.0690. The lowest BCUT2D eigenvalue weighted by Crippen LogP contribution is -2.21. The van der Waals surface area contributed by atoms with Crippen molar-refractivity contribution in [1.29, 1.82) is 0 Å². The molecule has 2 aliphatic rings. The molecule has 0 aliphatic carbocycles. The van der Waals surface area contributed by atoms with Crippen LogP contribution in [0.4, 0.5) is 5.69 Å². The van der Waals surface area contributed by atoms with Crippen molar-refractivity contribution in [2.75, 3.05) is 11.9 Å². The average molecular weight is 337 g/mol. The van der Waals surface area contributed by atoms with Gasteiger partial charge in [-0.1, -0.05) is 6.07 Å². The van der Waals surface area contributed by atoms with E-state index in [4.69, 9.17) is 9.84 Å². The van der Waals surface area contributed by atoms with Gasteiger partial charge in [0, 0.05) is 23.4 Å². The predicted octanol–water partition coefficient (Wildman–Crippen LogP) is 1.73. The van der Waals surface area contributed by atoms with E-state index in [9.17, 15) is 14.7 Å². The van der Waals surface area contributed by atoms with Crippen LogP contribution < -0.4 is 15.6 Å². The fourth-order valence-electron chi connectivity index (χ4n) is 3.11. The molecule has 0 amide bonds. The number of benzene rings is 1. The Morgan fingerprint density at radius 2 is 2.04 bits per heavy atom. The highest BCUT2D eigenvalue weighted by molar-refractivity contribution is 5.93. The number of anilines is 1. The largest absolute Gasteiger partial charge is 0.503 e. The van der Waals surface area contributed by atoms with Crippen LogP contribution in [0.15, 0.2) is 16.9 Å². The van der Waals surface area contributed by atoms with Crippen molar-refractivity contribution in [3.05, 3.63) is 39.2 Å². The Morgan fingerprint density at radius 1 is 1.26 bits per heavy atom. The van der Waals surface area contributed by atoms with Gasteiger partial charge >= 0.3 is 5.97 Å². The minimum Gasteiger partial charge on any atom is -0.503 e. The number of carboxylic acid groups (broad SMARTS) is 1. The maximum atomic E-state index is 11.9. The topological polar surface area (TPSA) is 112 Å². The van der Waals surface area contributed by atoms with Crippen LogP contribution in [0.5, 0.6) is 11.5 Å². The van der Waals surface area contributed by atoms with Crippen molar-refractivity contribution in [3.63, 3.8) is 0 Å². The van der Waals surface area contributed by atoms with Gasteiger partial charge in [0.25, 0.3) is 5.56 Å². The minimum atomic E-state index is -1.49. The van der Waals surface area contributed by atoms with Crippen LogP contribution in [-0.4, -0.2) is 27.7 Å². The van der Waals surface area contributed by atoms with Crippen molar-refractivity contribution in [3.8, 4) is 22.8 Å². The lowest BCUT2D eigenvalue weighted by Gasteiger charge is -2.23. The Morgan fingerprint density at radius 3 is 2.78 bits per heavy atom. The van der Waals surface area contributed by atoms with Gasteiger partial charge in [-0.25, -0.2) is 4.79 Å². The quantitative estimate of drug-likeness (QED) is 0.631. The van der Waals surface area contributed by atoms with E-state index in [2.05, 4.69) is 10.3 Å². The SMILES string of the molecule is Cl.O=C(O)c1c(O)c2c([nH]c1=O)-c1ccc3c(c1CO2)CCN3. The van der Waals surface area contributed by atoms with Gasteiger partial charge < -0.3 is 25.3 Å². The average Bonchev–Trinajstić information content (AvgIpc) is 2.95. The van der Waals surface area contributed by atoms with Crippen LogP contribution >= 0.6 is 12.4 Å². The third-order valence-corrected chi connectivity index (χ3v) is 4.11. The van der Waals surface area contributed by atoms with Crippen LogP contribution in [0.1, 0.15) is 21.5 Å². The zero-order chi connectivity index (χ0) is 15.4. The summed E-state index contributed by atoms with van der Waals surface area (Å²) < 4.78 is 5.54. The number of hydrogen-bond donors (Lipinski definition) is 4. The highest BCUT2D eigenvalue weighted by atomic mass is 35.5. The first-order valence-corrected chi connectivity index (χ1v) is 6.82. The first-order valence-electron chi connectivity index (χ1n) is 6.82. The monoisotopic (exact) mass is 336 g/mol. The molecule has 0 atom stereocenters. The molecule has 23 heavy (non-hydrogen) atoms. The number of H-pyrrole nitrogens is 1. The second-order valence-electron chi connectivity index (χ2n) is 5.27. The lowest BCUT2D eigenvalue weighted by atomic mass is 9.94. The third kappa shape index (κ3) is 2.04. The maximum Gasteiger partial charge on any atom is 0.345 e. The molecule has 1 aromatic heterocycles. The molecular weight excluding hydrogens is 324 g/mol. The Bertz CT molecular complexity index is 890. The second kappa shape index (κ2) is 5.20. The number of aromatic amines is 1. The molecular formula is C15H13ClN2O5. The molecule has 0 unspecified atom stereocenters. The van der Waals surface area contributed by atoms with Crippen LogP contribution in [0.3, 0.4) is 0 Å². The Balaban J connectivity index is 0.00000156. The molecule has 0 spiro atoms. The van der Waals surface area contributed by atoms with Gasteiger partial charge in [0.1, 0.15) is 6.61 Å². The van der Waals surface area contributed by atoms with Gasteiger partial charge in [-0.3, -0.25) is 4.79 Å². The molecule has 120 valence electrons. The summed E-state index contributed by atoms with van der Waals surface area (Å²) in [5.74, 6) is -2.11. The smallest absolute Gasteiger partial charge is 0.345 e. The molecule has 0 saturated heterocycles. The van der Waals surface area contributed by atoms with Gasteiger partial charge in [0.2, 0.25) is 0 Å². The third-order valence-electron chi connectivity index (χ3n) is 4.11. The molecule has 0 radical (unpaired) electrons. The van der Waals surface area contributed by atoms with Gasteiger partial charge in [0.15, 0.2) is 17.1 Å². The highest BCUT2D eigenvalue weighted by Gasteiger charge is 2.30. The summed E-state index contributed by atoms with van der Waals surface area (Å²) >= 11 is 0. The summed E-state index contributed by atoms with van der Waals surface area (Å²) in [4.78, 5) is 25.5. The fourth-order valence-corrected chi connectivity index (χ4v) is 3.11. The van der Waals surface area contributed by atoms with Crippen LogP contribution in [0.25, 0.3) is 11.3 Å². The van der Waals surface area contributed by atoms with Crippen molar-refractivity contribution in [1.82, 2.24) is 4.98 Å². The van der Waals surface area contributed by atoms with Crippen molar-refractivity contribution >= 4 is 24.1 Å². The number of carbonyl (C=O) groups is 1. The molecule has 4 rings (SSSR count). The number of aromatic nitrogens is 1. The molecule has 4 N–H and O–H groups in total. The van der Waals surface area contributed by atoms with Crippen molar-refractivity contribution < 1.29 is 19.7 Å². The number of ether oxygens (including phenoxy) is 1. The standard InChI is InChI=1S/C15H12N2O5.ClH/c18-12-10(15(20)21)14(19)17-11-7-1-2-9-6(3-4-16-9)8(7)5-22-13(11)12;/h1-2,16H,3-5H2,(H,20,21)(H2,17,18,19);1H. The summed E-state index contributed by atoms with van der Waals surface area (Å²) in [5, 5.41) is 22.4. The zero-order valence-corrected chi connectivity index (χ0v) is 12.6. The zero-order valence-electron chi connectivity index (χ0n) is 11.8. The number of pyridine rings is 1. The number of hydrogen-bond acceptors (Lipinski definition) is 5. The van der Waals surface area contributed by atoms with E-state index in [1.807, 2.05) is 12.1 Å². The van der Waals surface area contributed by atoms with Gasteiger partial charge in [0.05, 0.1) is 5.69 Å². The number of rotatable bonds is 1. The summed E-state index contributed by atoms with van der Waals surface area (Å²) in [6, 6.07) is 3.75. The van der Waals surface area contributed by atoms with Gasteiger partial charge in [-0.2, -0.15) is 0 Å². The molecule has 0 saturated carbocycles. The van der Waals surface area contributed by atoms with Gasteiger partial charge in [-0.15, -0.1) is 12.4 Å². The van der Waals surface area contributed by atoms with E-state index >= 15 is 0 Å². The number of halogens is 1. The highest BCUT2D eigenvalue weighted by Crippen LogP contribution is 2.44. The van der Waals surface area contributed by atoms with E-state index in [1.54, 1.807) is 0 Å². The Kier molecular flexibility index (Phi) is 3.45. The van der Waals surface area contributed by atoms with Crippen LogP contribution in [-0.2, 0) is 13.0 Å². The number of aromatic hydroxyl groups is 1. The summed E-state index contributed by atoms with van der Waals surface area (Å²) in [7, 11) is 0. The molecule has 3 heterocycles. The van der Waals surface area contributed by atoms with E-state index in [0.717, 1.165) is 35.3 Å². The number of aromatic carboxylic acids is 1. The second-order valence-corrected chi connectivity index (χ2v) is 5.27. The van der Waals surface area contributed by atoms with Crippen molar-refractivity contribution in [2.45, 2.75) is 13.0 Å². The normalized spacial score (nSPS) is 13.7. The predicted molar refractivity (Wildman–Crippen MR) is 84.9 cm³/mol. The van der Waals surface area contributed by atoms with E-state index < -0.39 is 22.8 Å². The van der Waals surface area contributed by atoms with E-state index in [-0.39, 0.29) is 24.8 Å². The van der Waals surface area contributed by atoms with E-state index in [1.165, 1.54) is 0 Å². The number of nitrogens with one attached hydrogen (secondary N) is 2. The Labute approximate surface area is 136 Å². The number of carboxylic acids is 1. The first kappa shape index (κ1) is 15.2. The van der Waals surface area contributed by atoms with Crippen LogP contribution in [0.2, 0.25) is 0 Å². The summed E-state index contributed by atoms with van der Waals surface area (Å²) in [6.45, 7) is 1.07. The van der Waals surface area contributed by atoms with Crippen LogP contribution in [0, 0.1) is 0 Å². The molecule has 0 bridgehead atoms.